The van der Waals surface area contributed by atoms with Crippen LogP contribution in [0.2, 0.25) is 0 Å². The van der Waals surface area contributed by atoms with Crippen LogP contribution in [0.5, 0.6) is 11.5 Å². The van der Waals surface area contributed by atoms with Gasteiger partial charge in [-0.3, -0.25) is 4.79 Å². The minimum Gasteiger partial charge on any atom is -0.497 e. The average molecular weight is 439 g/mol. The first-order valence-electron chi connectivity index (χ1n) is 10.5. The van der Waals surface area contributed by atoms with Crippen LogP contribution in [0.3, 0.4) is 0 Å². The Kier molecular flexibility index (Phi) is 7.69. The predicted molar refractivity (Wildman–Crippen MR) is 126 cm³/mol. The molecule has 1 aromatic heterocycles. The van der Waals surface area contributed by atoms with Crippen LogP contribution in [0.1, 0.15) is 43.5 Å². The van der Waals surface area contributed by atoms with E-state index in [1.165, 1.54) is 0 Å². The van der Waals surface area contributed by atoms with E-state index in [1.807, 2.05) is 42.6 Å². The van der Waals surface area contributed by atoms with Crippen molar-refractivity contribution in [2.45, 2.75) is 46.1 Å². The molecule has 0 fully saturated rings. The maximum Gasteiger partial charge on any atom is 0.260 e. The summed E-state index contributed by atoms with van der Waals surface area (Å²) >= 11 is 1.60. The Morgan fingerprint density at radius 3 is 2.55 bits per heavy atom. The Morgan fingerprint density at radius 2 is 1.87 bits per heavy atom. The largest absolute Gasteiger partial charge is 0.497 e. The zero-order chi connectivity index (χ0) is 22.4. The predicted octanol–water partition coefficient (Wildman–Crippen LogP) is 5.38. The lowest BCUT2D eigenvalue weighted by molar-refractivity contribution is -0.127. The van der Waals surface area contributed by atoms with Crippen molar-refractivity contribution in [3.63, 3.8) is 0 Å². The van der Waals surface area contributed by atoms with Gasteiger partial charge in [-0.1, -0.05) is 26.0 Å². The summed E-state index contributed by atoms with van der Waals surface area (Å²) < 4.78 is 11.2. The van der Waals surface area contributed by atoms with Crippen LogP contribution < -0.4 is 14.8 Å². The number of rotatable bonds is 9. The van der Waals surface area contributed by atoms with Crippen LogP contribution in [0.15, 0.2) is 47.8 Å². The molecule has 1 N–H and O–H groups in total. The van der Waals surface area contributed by atoms with E-state index < -0.39 is 6.10 Å². The highest BCUT2D eigenvalue weighted by Gasteiger charge is 2.17. The van der Waals surface area contributed by atoms with E-state index in [4.69, 9.17) is 9.47 Å². The average Bonchev–Trinajstić information content (AvgIpc) is 3.22. The van der Waals surface area contributed by atoms with Gasteiger partial charge >= 0.3 is 0 Å². The molecule has 0 saturated carbocycles. The van der Waals surface area contributed by atoms with Crippen LogP contribution >= 0.6 is 11.3 Å². The molecule has 0 bridgehead atoms. The zero-order valence-electron chi connectivity index (χ0n) is 18.8. The number of hydrogen-bond acceptors (Lipinski definition) is 5. The number of ether oxygens (including phenoxy) is 2. The van der Waals surface area contributed by atoms with E-state index in [9.17, 15) is 4.79 Å². The van der Waals surface area contributed by atoms with Gasteiger partial charge in [-0.2, -0.15) is 0 Å². The molecule has 0 aliphatic carbocycles. The summed E-state index contributed by atoms with van der Waals surface area (Å²) in [5.41, 5.74) is 4.25. The molecule has 0 unspecified atom stereocenters. The molecule has 31 heavy (non-hydrogen) atoms. The van der Waals surface area contributed by atoms with Crippen LogP contribution in [-0.4, -0.2) is 30.6 Å². The fourth-order valence-electron chi connectivity index (χ4n) is 3.21. The molecule has 0 spiro atoms. The topological polar surface area (TPSA) is 60.5 Å². The third-order valence-electron chi connectivity index (χ3n) is 5.03. The molecule has 164 valence electrons. The van der Waals surface area contributed by atoms with E-state index in [0.717, 1.165) is 38.9 Å². The number of benzene rings is 2. The van der Waals surface area contributed by atoms with Crippen molar-refractivity contribution in [1.29, 1.82) is 0 Å². The molecular formula is C25H30N2O3S. The Hall–Kier alpha value is -2.86. The summed E-state index contributed by atoms with van der Waals surface area (Å²) in [6.45, 7) is 8.57. The van der Waals surface area contributed by atoms with E-state index in [-0.39, 0.29) is 5.91 Å². The van der Waals surface area contributed by atoms with Crippen molar-refractivity contribution in [2.24, 2.45) is 0 Å². The summed E-state index contributed by atoms with van der Waals surface area (Å²) in [5.74, 6) is 1.81. The maximum atomic E-state index is 12.5. The first-order chi connectivity index (χ1) is 14.9. The Bertz CT molecular complexity index is 1010. The van der Waals surface area contributed by atoms with E-state index in [1.54, 1.807) is 25.4 Å². The Balaban J connectivity index is 1.52. The number of carbonyl (C=O) groups excluding carboxylic acids is 1. The molecule has 0 radical (unpaired) electrons. The van der Waals surface area contributed by atoms with Gasteiger partial charge in [-0.25, -0.2) is 4.98 Å². The summed E-state index contributed by atoms with van der Waals surface area (Å²) in [7, 11) is 1.65. The van der Waals surface area contributed by atoms with Crippen molar-refractivity contribution in [1.82, 2.24) is 10.3 Å². The summed E-state index contributed by atoms with van der Waals surface area (Å²) in [4.78, 5) is 17.2. The molecule has 5 nitrogen and oxygen atoms in total. The molecule has 1 atom stereocenters. The van der Waals surface area contributed by atoms with Crippen molar-refractivity contribution < 1.29 is 14.3 Å². The quantitative estimate of drug-likeness (QED) is 0.487. The molecule has 0 aliphatic heterocycles. The van der Waals surface area contributed by atoms with Gasteiger partial charge in [-0.05, 0) is 61.2 Å². The highest BCUT2D eigenvalue weighted by Crippen LogP contribution is 2.28. The van der Waals surface area contributed by atoms with Crippen LogP contribution in [-0.2, 0) is 11.2 Å². The van der Waals surface area contributed by atoms with Gasteiger partial charge < -0.3 is 14.8 Å². The number of nitrogens with one attached hydrogen (secondary N) is 1. The number of nitrogens with zero attached hydrogens (tertiary/aromatic N) is 1. The van der Waals surface area contributed by atoms with Crippen molar-refractivity contribution in [3.05, 3.63) is 64.7 Å². The molecular weight excluding hydrogens is 408 g/mol. The van der Waals surface area contributed by atoms with E-state index in [0.29, 0.717) is 18.9 Å². The smallest absolute Gasteiger partial charge is 0.260 e. The van der Waals surface area contributed by atoms with Crippen LogP contribution in [0.4, 0.5) is 0 Å². The monoisotopic (exact) mass is 438 g/mol. The second-order valence-corrected chi connectivity index (χ2v) is 8.73. The van der Waals surface area contributed by atoms with E-state index in [2.05, 4.69) is 36.3 Å². The van der Waals surface area contributed by atoms with Gasteiger partial charge in [0, 0.05) is 23.9 Å². The van der Waals surface area contributed by atoms with Crippen molar-refractivity contribution >= 4 is 17.2 Å². The Labute approximate surface area is 188 Å². The van der Waals surface area contributed by atoms with Gasteiger partial charge in [0.25, 0.3) is 5.91 Å². The number of thiazole rings is 1. The molecule has 3 aromatic rings. The lowest BCUT2D eigenvalue weighted by atomic mass is 10.0. The number of carbonyl (C=O) groups is 1. The molecule has 0 aliphatic rings. The third-order valence-corrected chi connectivity index (χ3v) is 5.97. The molecule has 1 heterocycles. The van der Waals surface area contributed by atoms with E-state index >= 15 is 0 Å². The van der Waals surface area contributed by atoms with Crippen LogP contribution in [0.25, 0.3) is 10.6 Å². The summed E-state index contributed by atoms with van der Waals surface area (Å²) in [6, 6.07) is 14.0. The second kappa shape index (κ2) is 10.4. The van der Waals surface area contributed by atoms with Gasteiger partial charge in [0.2, 0.25) is 0 Å². The summed E-state index contributed by atoms with van der Waals surface area (Å²) in [5, 5.41) is 5.96. The molecule has 0 saturated heterocycles. The van der Waals surface area contributed by atoms with Crippen molar-refractivity contribution in [3.8, 4) is 22.1 Å². The van der Waals surface area contributed by atoms with Crippen LogP contribution in [0, 0.1) is 6.92 Å². The fourth-order valence-corrected chi connectivity index (χ4v) is 4.07. The minimum absolute atomic E-state index is 0.123. The number of aryl methyl sites for hydroxylation is 1. The second-order valence-electron chi connectivity index (χ2n) is 7.87. The van der Waals surface area contributed by atoms with Gasteiger partial charge in [0.05, 0.1) is 12.8 Å². The highest BCUT2D eigenvalue weighted by molar-refractivity contribution is 7.13. The lowest BCUT2D eigenvalue weighted by Crippen LogP contribution is -2.37. The number of hydrogen-bond donors (Lipinski definition) is 1. The minimum atomic E-state index is -0.565. The lowest BCUT2D eigenvalue weighted by Gasteiger charge is -2.19. The normalized spacial score (nSPS) is 11.9. The van der Waals surface area contributed by atoms with Gasteiger partial charge in [0.15, 0.2) is 6.10 Å². The van der Waals surface area contributed by atoms with Gasteiger partial charge in [0.1, 0.15) is 16.5 Å². The maximum absolute atomic E-state index is 12.5. The first-order valence-corrected chi connectivity index (χ1v) is 11.4. The first kappa shape index (κ1) is 22.8. The van der Waals surface area contributed by atoms with Gasteiger partial charge in [-0.15, -0.1) is 11.3 Å². The molecule has 6 heteroatoms. The molecule has 2 aromatic carbocycles. The zero-order valence-corrected chi connectivity index (χ0v) is 19.6. The molecule has 3 rings (SSSR count). The fraction of sp³-hybridized carbons (Fsp3) is 0.360. The van der Waals surface area contributed by atoms with Crippen molar-refractivity contribution in [2.75, 3.05) is 13.7 Å². The third kappa shape index (κ3) is 6.07. The summed E-state index contributed by atoms with van der Waals surface area (Å²) in [6.07, 6.45) is 0.108. The number of methoxy groups -OCH3 is 1. The molecule has 1 amide bonds. The Morgan fingerprint density at radius 1 is 1.13 bits per heavy atom. The standard InChI is InChI=1S/C25H30N2O3S/c1-16(2)22-11-6-17(3)14-23(22)30-18(4)24(28)26-13-12-20-15-31-25(27-20)19-7-9-21(29-5)10-8-19/h6-11,14-16,18H,12-13H2,1-5H3,(H,26,28)/t18-/m1/s1. The number of amides is 1. The highest BCUT2D eigenvalue weighted by atomic mass is 32.1. The number of aromatic nitrogens is 1. The SMILES string of the molecule is COc1ccc(-c2nc(CCNC(=O)[C@@H](C)Oc3cc(C)ccc3C(C)C)cs2)cc1.